The van der Waals surface area contributed by atoms with Crippen molar-refractivity contribution in [3.8, 4) is 5.75 Å². The van der Waals surface area contributed by atoms with Crippen LogP contribution in [-0.4, -0.2) is 28.5 Å². The third-order valence-corrected chi connectivity index (χ3v) is 4.44. The number of nitrogens with zero attached hydrogens (tertiary/aromatic N) is 3. The molecule has 0 saturated heterocycles. The normalized spacial score (nSPS) is 13.8. The van der Waals surface area contributed by atoms with Crippen molar-refractivity contribution < 1.29 is 9.47 Å². The molecule has 0 atom stereocenters. The number of rotatable bonds is 4. The molecule has 124 valence electrons. The summed E-state index contributed by atoms with van der Waals surface area (Å²) in [5.74, 6) is 0.769. The molecule has 2 aromatic heterocycles. The zero-order chi connectivity index (χ0) is 16.5. The van der Waals surface area contributed by atoms with Crippen LogP contribution in [0.2, 0.25) is 0 Å². The lowest BCUT2D eigenvalue weighted by molar-refractivity contribution is 0.109. The molecule has 1 aliphatic rings. The predicted octanol–water partition coefficient (Wildman–Crippen LogP) is 2.66. The number of anilines is 1. The Morgan fingerprint density at radius 1 is 1.38 bits per heavy atom. The molecule has 0 bridgehead atoms. The van der Waals surface area contributed by atoms with Gasteiger partial charge < -0.3 is 14.8 Å². The van der Waals surface area contributed by atoms with E-state index in [2.05, 4.69) is 21.5 Å². The van der Waals surface area contributed by atoms with Gasteiger partial charge in [0.2, 0.25) is 0 Å². The molecule has 0 radical (unpaired) electrons. The third-order valence-electron chi connectivity index (χ3n) is 4.44. The van der Waals surface area contributed by atoms with Gasteiger partial charge in [-0.3, -0.25) is 9.67 Å². The van der Waals surface area contributed by atoms with Gasteiger partial charge in [0.25, 0.3) is 0 Å². The summed E-state index contributed by atoms with van der Waals surface area (Å²) in [6.45, 7) is 2.09. The summed E-state index contributed by atoms with van der Waals surface area (Å²) in [4.78, 5) is 4.39. The van der Waals surface area contributed by atoms with Crippen LogP contribution in [0.1, 0.15) is 17.0 Å². The summed E-state index contributed by atoms with van der Waals surface area (Å²) in [5, 5.41) is 9.14. The van der Waals surface area contributed by atoms with Gasteiger partial charge in [0.1, 0.15) is 11.3 Å². The molecule has 0 unspecified atom stereocenters. The zero-order valence-corrected chi connectivity index (χ0v) is 13.9. The molecule has 1 N–H and O–H groups in total. The highest BCUT2D eigenvalue weighted by Crippen LogP contribution is 2.29. The van der Waals surface area contributed by atoms with E-state index in [0.717, 1.165) is 46.8 Å². The van der Waals surface area contributed by atoms with Gasteiger partial charge in [0.15, 0.2) is 0 Å². The highest BCUT2D eigenvalue weighted by molar-refractivity contribution is 5.88. The first-order valence-corrected chi connectivity index (χ1v) is 8.04. The molecule has 1 aromatic carbocycles. The van der Waals surface area contributed by atoms with Crippen LogP contribution in [0, 0.1) is 0 Å². The second-order valence-corrected chi connectivity index (χ2v) is 5.91. The molecule has 0 fully saturated rings. The number of hydrogen-bond acceptors (Lipinski definition) is 5. The summed E-state index contributed by atoms with van der Waals surface area (Å²) < 4.78 is 13.0. The van der Waals surface area contributed by atoms with Crippen molar-refractivity contribution in [2.24, 2.45) is 7.05 Å². The Balaban J connectivity index is 1.62. The predicted molar refractivity (Wildman–Crippen MR) is 92.2 cm³/mol. The molecule has 3 aromatic rings. The van der Waals surface area contributed by atoms with Gasteiger partial charge in [-0.2, -0.15) is 5.10 Å². The zero-order valence-electron chi connectivity index (χ0n) is 13.9. The van der Waals surface area contributed by atoms with Crippen LogP contribution in [0.15, 0.2) is 30.5 Å². The van der Waals surface area contributed by atoms with E-state index >= 15 is 0 Å². The van der Waals surface area contributed by atoms with E-state index in [1.54, 1.807) is 13.3 Å². The van der Waals surface area contributed by atoms with Crippen LogP contribution in [0.5, 0.6) is 5.75 Å². The number of methoxy groups -OCH3 is 1. The molecule has 4 rings (SSSR count). The average molecular weight is 324 g/mol. The fourth-order valence-corrected chi connectivity index (χ4v) is 3.20. The van der Waals surface area contributed by atoms with Crippen LogP contribution < -0.4 is 10.1 Å². The second kappa shape index (κ2) is 6.13. The molecule has 6 heteroatoms. The number of aromatic nitrogens is 3. The Kier molecular flexibility index (Phi) is 3.82. The van der Waals surface area contributed by atoms with Crippen molar-refractivity contribution in [2.45, 2.75) is 19.6 Å². The largest absolute Gasteiger partial charge is 0.494 e. The van der Waals surface area contributed by atoms with E-state index in [-0.39, 0.29) is 0 Å². The standard InChI is InChI=1S/C18H20N4O2/c1-22-16(14-11-24-7-5-15(14)21-22)10-20-13-8-12-4-3-6-19-18(12)17(9-13)23-2/h3-4,6,8-9,20H,5,7,10-11H2,1-2H3. The first-order valence-electron chi connectivity index (χ1n) is 8.04. The van der Waals surface area contributed by atoms with Crippen LogP contribution in [-0.2, 0) is 31.4 Å². The number of pyridine rings is 1. The van der Waals surface area contributed by atoms with Crippen molar-refractivity contribution in [2.75, 3.05) is 19.0 Å². The highest BCUT2D eigenvalue weighted by atomic mass is 16.5. The summed E-state index contributed by atoms with van der Waals surface area (Å²) >= 11 is 0. The van der Waals surface area contributed by atoms with Gasteiger partial charge >= 0.3 is 0 Å². The van der Waals surface area contributed by atoms with E-state index in [1.165, 1.54) is 5.56 Å². The first kappa shape index (κ1) is 15.0. The van der Waals surface area contributed by atoms with Crippen LogP contribution in [0.25, 0.3) is 10.9 Å². The Morgan fingerprint density at radius 2 is 2.29 bits per heavy atom. The maximum atomic E-state index is 5.59. The Hall–Kier alpha value is -2.60. The van der Waals surface area contributed by atoms with Crippen molar-refractivity contribution in [1.29, 1.82) is 0 Å². The molecule has 0 saturated carbocycles. The lowest BCUT2D eigenvalue weighted by atomic mass is 10.1. The van der Waals surface area contributed by atoms with Crippen molar-refractivity contribution in [3.63, 3.8) is 0 Å². The van der Waals surface area contributed by atoms with Gasteiger partial charge in [0.05, 0.1) is 38.3 Å². The summed E-state index contributed by atoms with van der Waals surface area (Å²) in [6, 6.07) is 8.04. The number of fused-ring (bicyclic) bond motifs is 2. The van der Waals surface area contributed by atoms with Crippen LogP contribution in [0.3, 0.4) is 0 Å². The number of benzene rings is 1. The van der Waals surface area contributed by atoms with Gasteiger partial charge in [-0.1, -0.05) is 6.07 Å². The molecular weight excluding hydrogens is 304 g/mol. The molecule has 6 nitrogen and oxygen atoms in total. The number of nitrogens with one attached hydrogen (secondary N) is 1. The lowest BCUT2D eigenvalue weighted by Gasteiger charge is -2.14. The van der Waals surface area contributed by atoms with E-state index in [9.17, 15) is 0 Å². The number of hydrogen-bond donors (Lipinski definition) is 1. The summed E-state index contributed by atoms with van der Waals surface area (Å²) in [7, 11) is 3.66. The molecule has 0 aliphatic carbocycles. The van der Waals surface area contributed by atoms with Crippen molar-refractivity contribution >= 4 is 16.6 Å². The Bertz CT molecular complexity index is 888. The van der Waals surface area contributed by atoms with Crippen LogP contribution in [0.4, 0.5) is 5.69 Å². The molecule has 0 amide bonds. The van der Waals surface area contributed by atoms with Crippen LogP contribution >= 0.6 is 0 Å². The van der Waals surface area contributed by atoms with E-state index in [0.29, 0.717) is 13.2 Å². The minimum atomic E-state index is 0.644. The Labute approximate surface area is 140 Å². The topological polar surface area (TPSA) is 61.2 Å². The number of ether oxygens (including phenoxy) is 2. The smallest absolute Gasteiger partial charge is 0.147 e. The maximum Gasteiger partial charge on any atom is 0.147 e. The van der Waals surface area contributed by atoms with E-state index < -0.39 is 0 Å². The maximum absolute atomic E-state index is 5.59. The Morgan fingerprint density at radius 3 is 3.17 bits per heavy atom. The average Bonchev–Trinajstić information content (AvgIpc) is 2.94. The first-order chi connectivity index (χ1) is 11.8. The quantitative estimate of drug-likeness (QED) is 0.799. The minimum Gasteiger partial charge on any atom is -0.494 e. The highest BCUT2D eigenvalue weighted by Gasteiger charge is 2.19. The monoisotopic (exact) mass is 324 g/mol. The van der Waals surface area contributed by atoms with E-state index in [4.69, 9.17) is 9.47 Å². The minimum absolute atomic E-state index is 0.644. The van der Waals surface area contributed by atoms with Crippen molar-refractivity contribution in [1.82, 2.24) is 14.8 Å². The van der Waals surface area contributed by atoms with Gasteiger partial charge in [-0.25, -0.2) is 0 Å². The summed E-state index contributed by atoms with van der Waals surface area (Å²) in [5.41, 5.74) is 5.40. The lowest BCUT2D eigenvalue weighted by Crippen LogP contribution is -2.12. The third kappa shape index (κ3) is 2.59. The molecular formula is C18H20N4O2. The molecule has 3 heterocycles. The fraction of sp³-hybridized carbons (Fsp3) is 0.333. The summed E-state index contributed by atoms with van der Waals surface area (Å²) in [6.07, 6.45) is 2.67. The SMILES string of the molecule is COc1cc(NCc2c3c(nn2C)CCOC3)cc2cccnc12. The molecule has 1 aliphatic heterocycles. The molecule has 24 heavy (non-hydrogen) atoms. The second-order valence-electron chi connectivity index (χ2n) is 5.91. The fourth-order valence-electron chi connectivity index (χ4n) is 3.20. The van der Waals surface area contributed by atoms with E-state index in [1.807, 2.05) is 29.9 Å². The van der Waals surface area contributed by atoms with Crippen molar-refractivity contribution in [3.05, 3.63) is 47.4 Å². The van der Waals surface area contributed by atoms with Gasteiger partial charge in [0, 0.05) is 42.4 Å². The molecule has 0 spiro atoms. The van der Waals surface area contributed by atoms with Gasteiger partial charge in [-0.05, 0) is 12.1 Å². The van der Waals surface area contributed by atoms with Gasteiger partial charge in [-0.15, -0.1) is 0 Å². The number of aryl methyl sites for hydroxylation is 1.